The molecule has 1 aromatic rings. The van der Waals surface area contributed by atoms with Gasteiger partial charge in [-0.3, -0.25) is 4.79 Å². The fourth-order valence-corrected chi connectivity index (χ4v) is 4.73. The molecular formula is C18H26Cl2N2O3S. The van der Waals surface area contributed by atoms with E-state index in [9.17, 15) is 13.2 Å². The Bertz CT molecular complexity index is 758. The standard InChI is InChI=1S/C18H26Cl2N2O3S/c1-12-4-7-14(8-5-12)22-26(24,25)11-17(23)21-18(2,3)13-6-9-15(19)16(20)10-13/h6,9-10,12,14,22H,4-5,7-8,11H2,1-3H3,(H,21,23). The van der Waals surface area contributed by atoms with Crippen molar-refractivity contribution in [1.29, 1.82) is 0 Å². The van der Waals surface area contributed by atoms with Crippen molar-refractivity contribution in [2.24, 2.45) is 5.92 Å². The van der Waals surface area contributed by atoms with Crippen LogP contribution in [0.15, 0.2) is 18.2 Å². The molecule has 1 aromatic carbocycles. The van der Waals surface area contributed by atoms with Gasteiger partial charge in [0.05, 0.1) is 15.6 Å². The second-order valence-electron chi connectivity index (χ2n) is 7.64. The first-order chi connectivity index (χ1) is 12.0. The fourth-order valence-electron chi connectivity index (χ4n) is 3.19. The SMILES string of the molecule is CC1CCC(NS(=O)(=O)CC(=O)NC(C)(C)c2ccc(Cl)c(Cl)c2)CC1. The zero-order chi connectivity index (χ0) is 19.5. The Morgan fingerprint density at radius 1 is 1.15 bits per heavy atom. The first-order valence-electron chi connectivity index (χ1n) is 8.75. The van der Waals surface area contributed by atoms with Crippen LogP contribution in [0.4, 0.5) is 0 Å². The first kappa shape index (κ1) is 21.5. The lowest BCUT2D eigenvalue weighted by Gasteiger charge is -2.28. The molecule has 0 atom stereocenters. The van der Waals surface area contributed by atoms with E-state index in [4.69, 9.17) is 23.2 Å². The number of halogens is 2. The average molecular weight is 421 g/mol. The summed E-state index contributed by atoms with van der Waals surface area (Å²) in [5.41, 5.74) is -0.0342. The van der Waals surface area contributed by atoms with Gasteiger partial charge in [-0.05, 0) is 63.1 Å². The van der Waals surface area contributed by atoms with Crippen LogP contribution < -0.4 is 10.0 Å². The van der Waals surface area contributed by atoms with Crippen LogP contribution in [0.25, 0.3) is 0 Å². The lowest BCUT2D eigenvalue weighted by atomic mass is 9.88. The molecule has 146 valence electrons. The highest BCUT2D eigenvalue weighted by Gasteiger charge is 2.28. The van der Waals surface area contributed by atoms with E-state index in [1.807, 2.05) is 0 Å². The Hall–Kier alpha value is -0.820. The van der Waals surface area contributed by atoms with E-state index in [1.54, 1.807) is 32.0 Å². The molecule has 2 rings (SSSR count). The molecule has 0 aromatic heterocycles. The molecule has 0 bridgehead atoms. The van der Waals surface area contributed by atoms with Crippen molar-refractivity contribution in [1.82, 2.24) is 10.0 Å². The number of amides is 1. The summed E-state index contributed by atoms with van der Waals surface area (Å²) < 4.78 is 27.3. The van der Waals surface area contributed by atoms with Crippen molar-refractivity contribution in [3.8, 4) is 0 Å². The van der Waals surface area contributed by atoms with Crippen molar-refractivity contribution < 1.29 is 13.2 Å². The number of hydrogen-bond donors (Lipinski definition) is 2. The summed E-state index contributed by atoms with van der Waals surface area (Å²) in [5.74, 6) is -0.520. The highest BCUT2D eigenvalue weighted by Crippen LogP contribution is 2.28. The molecule has 2 N–H and O–H groups in total. The topological polar surface area (TPSA) is 75.3 Å². The highest BCUT2D eigenvalue weighted by molar-refractivity contribution is 7.90. The number of rotatable bonds is 6. The molecule has 1 fully saturated rings. The monoisotopic (exact) mass is 420 g/mol. The average Bonchev–Trinajstić information content (AvgIpc) is 2.50. The quantitative estimate of drug-likeness (QED) is 0.733. The van der Waals surface area contributed by atoms with Crippen molar-refractivity contribution in [2.45, 2.75) is 58.0 Å². The molecule has 0 radical (unpaired) electrons. The largest absolute Gasteiger partial charge is 0.346 e. The minimum absolute atomic E-state index is 0.0768. The number of benzene rings is 1. The molecule has 0 unspecified atom stereocenters. The summed E-state index contributed by atoms with van der Waals surface area (Å²) in [6, 6.07) is 4.99. The van der Waals surface area contributed by atoms with Gasteiger partial charge in [0.1, 0.15) is 5.75 Å². The Labute approximate surface area is 165 Å². The number of hydrogen-bond acceptors (Lipinski definition) is 3. The molecule has 1 amide bonds. The van der Waals surface area contributed by atoms with Gasteiger partial charge in [0.2, 0.25) is 15.9 Å². The van der Waals surface area contributed by atoms with E-state index in [0.717, 1.165) is 31.2 Å². The predicted molar refractivity (Wildman–Crippen MR) is 106 cm³/mol. The molecule has 8 heteroatoms. The van der Waals surface area contributed by atoms with Gasteiger partial charge in [-0.2, -0.15) is 0 Å². The Morgan fingerprint density at radius 3 is 2.35 bits per heavy atom. The molecular weight excluding hydrogens is 395 g/mol. The number of sulfonamides is 1. The van der Waals surface area contributed by atoms with Crippen LogP contribution in [-0.4, -0.2) is 26.1 Å². The molecule has 1 aliphatic carbocycles. The molecule has 0 saturated heterocycles. The lowest BCUT2D eigenvalue weighted by Crippen LogP contribution is -2.47. The summed E-state index contributed by atoms with van der Waals surface area (Å²) in [6.07, 6.45) is 3.64. The van der Waals surface area contributed by atoms with Crippen LogP contribution in [0, 0.1) is 5.92 Å². The van der Waals surface area contributed by atoms with Crippen molar-refractivity contribution >= 4 is 39.1 Å². The summed E-state index contributed by atoms with van der Waals surface area (Å²) >= 11 is 11.9. The van der Waals surface area contributed by atoms with Crippen molar-refractivity contribution in [3.63, 3.8) is 0 Å². The molecule has 1 aliphatic rings. The Balaban J connectivity index is 1.96. The lowest BCUT2D eigenvalue weighted by molar-refractivity contribution is -0.120. The van der Waals surface area contributed by atoms with E-state index >= 15 is 0 Å². The van der Waals surface area contributed by atoms with Crippen LogP contribution in [0.2, 0.25) is 10.0 Å². The van der Waals surface area contributed by atoms with Crippen molar-refractivity contribution in [2.75, 3.05) is 5.75 Å². The summed E-state index contributed by atoms with van der Waals surface area (Å²) in [6.45, 7) is 5.74. The number of carbonyl (C=O) groups excluding carboxylic acids is 1. The zero-order valence-corrected chi connectivity index (χ0v) is 17.6. The molecule has 1 saturated carbocycles. The second-order valence-corrected chi connectivity index (χ2v) is 10.2. The third-order valence-electron chi connectivity index (χ3n) is 4.78. The van der Waals surface area contributed by atoms with Crippen LogP contribution in [-0.2, 0) is 20.4 Å². The number of nitrogens with one attached hydrogen (secondary N) is 2. The fraction of sp³-hybridized carbons (Fsp3) is 0.611. The third-order valence-corrected chi connectivity index (χ3v) is 6.85. The molecule has 5 nitrogen and oxygen atoms in total. The van der Waals surface area contributed by atoms with Crippen LogP contribution in [0.3, 0.4) is 0 Å². The molecule has 26 heavy (non-hydrogen) atoms. The van der Waals surface area contributed by atoms with E-state index in [-0.39, 0.29) is 6.04 Å². The number of carbonyl (C=O) groups is 1. The van der Waals surface area contributed by atoms with Gasteiger partial charge >= 0.3 is 0 Å². The molecule has 0 heterocycles. The van der Waals surface area contributed by atoms with Crippen molar-refractivity contribution in [3.05, 3.63) is 33.8 Å². The predicted octanol–water partition coefficient (Wildman–Crippen LogP) is 3.84. The maximum absolute atomic E-state index is 12.3. The summed E-state index contributed by atoms with van der Waals surface area (Å²) in [5, 5.41) is 3.56. The van der Waals surface area contributed by atoms with Gasteiger partial charge in [0.15, 0.2) is 0 Å². The van der Waals surface area contributed by atoms with Gasteiger partial charge in [-0.1, -0.05) is 36.2 Å². The van der Waals surface area contributed by atoms with Crippen LogP contribution >= 0.6 is 23.2 Å². The van der Waals surface area contributed by atoms with E-state index in [1.165, 1.54) is 0 Å². The van der Waals surface area contributed by atoms with Gasteiger partial charge in [-0.25, -0.2) is 13.1 Å². The van der Waals surface area contributed by atoms with Crippen LogP contribution in [0.1, 0.15) is 52.0 Å². The maximum atomic E-state index is 12.3. The smallest absolute Gasteiger partial charge is 0.237 e. The minimum Gasteiger partial charge on any atom is -0.346 e. The third kappa shape index (κ3) is 6.12. The Kier molecular flexibility index (Phi) is 6.99. The Morgan fingerprint density at radius 2 is 1.77 bits per heavy atom. The van der Waals surface area contributed by atoms with Gasteiger partial charge in [-0.15, -0.1) is 0 Å². The van der Waals surface area contributed by atoms with Gasteiger partial charge in [0.25, 0.3) is 0 Å². The molecule has 0 spiro atoms. The highest BCUT2D eigenvalue weighted by atomic mass is 35.5. The van der Waals surface area contributed by atoms with Gasteiger partial charge in [0, 0.05) is 6.04 Å². The van der Waals surface area contributed by atoms with E-state index in [2.05, 4.69) is 17.0 Å². The maximum Gasteiger partial charge on any atom is 0.237 e. The summed E-state index contributed by atoms with van der Waals surface area (Å²) in [7, 11) is -3.68. The van der Waals surface area contributed by atoms with E-state index in [0.29, 0.717) is 16.0 Å². The second kappa shape index (κ2) is 8.46. The normalized spacial score (nSPS) is 21.4. The van der Waals surface area contributed by atoms with Crippen LogP contribution in [0.5, 0.6) is 0 Å². The summed E-state index contributed by atoms with van der Waals surface area (Å²) in [4.78, 5) is 12.3. The first-order valence-corrected chi connectivity index (χ1v) is 11.2. The minimum atomic E-state index is -3.68. The van der Waals surface area contributed by atoms with E-state index < -0.39 is 27.2 Å². The zero-order valence-electron chi connectivity index (χ0n) is 15.3. The molecule has 0 aliphatic heterocycles. The van der Waals surface area contributed by atoms with Gasteiger partial charge < -0.3 is 5.32 Å².